The quantitative estimate of drug-likeness (QED) is 0.647. The minimum atomic E-state index is 0.00765. The van der Waals surface area contributed by atoms with Gasteiger partial charge in [0.05, 0.1) is 6.21 Å². The lowest BCUT2D eigenvalue weighted by atomic mass is 9.86. The van der Waals surface area contributed by atoms with Gasteiger partial charge in [-0.1, -0.05) is 74.9 Å². The Kier molecular flexibility index (Phi) is 4.76. The van der Waals surface area contributed by atoms with Gasteiger partial charge < -0.3 is 0 Å². The van der Waals surface area contributed by atoms with Crippen LogP contribution in [0.2, 0.25) is 0 Å². The average molecular weight is 334 g/mol. The minimum absolute atomic E-state index is 0.00765. The van der Waals surface area contributed by atoms with E-state index in [1.165, 1.54) is 16.7 Å². The van der Waals surface area contributed by atoms with E-state index in [-0.39, 0.29) is 17.2 Å². The molecule has 0 radical (unpaired) electrons. The Morgan fingerprint density at radius 1 is 1.08 bits per heavy atom. The van der Waals surface area contributed by atoms with Crippen LogP contribution >= 0.6 is 0 Å². The van der Waals surface area contributed by atoms with E-state index in [1.54, 1.807) is 6.21 Å². The van der Waals surface area contributed by atoms with E-state index in [0.29, 0.717) is 5.92 Å². The molecule has 2 aromatic rings. The van der Waals surface area contributed by atoms with Gasteiger partial charge in [0.15, 0.2) is 0 Å². The molecule has 2 atom stereocenters. The topological polar surface area (TPSA) is 41.5 Å². The number of hydrogen-bond acceptors (Lipinski definition) is 2. The molecule has 1 aliphatic rings. The molecule has 0 heterocycles. The fraction of sp³-hybridized carbons (Fsp3) is 0.364. The third kappa shape index (κ3) is 4.36. The molecule has 1 aliphatic carbocycles. The zero-order valence-electron chi connectivity index (χ0n) is 15.4. The van der Waals surface area contributed by atoms with E-state index in [0.717, 1.165) is 12.0 Å². The van der Waals surface area contributed by atoms with Crippen LogP contribution in [0.25, 0.3) is 0 Å². The van der Waals surface area contributed by atoms with Crippen molar-refractivity contribution < 1.29 is 4.79 Å². The van der Waals surface area contributed by atoms with Crippen molar-refractivity contribution in [2.45, 2.75) is 45.4 Å². The summed E-state index contributed by atoms with van der Waals surface area (Å²) in [6.45, 7) is 8.67. The van der Waals surface area contributed by atoms with Crippen molar-refractivity contribution in [1.82, 2.24) is 5.43 Å². The Labute approximate surface area is 150 Å². The van der Waals surface area contributed by atoms with Crippen molar-refractivity contribution in [1.29, 1.82) is 0 Å². The number of hydrogen-bond donors (Lipinski definition) is 1. The van der Waals surface area contributed by atoms with Gasteiger partial charge in [-0.25, -0.2) is 5.43 Å². The predicted octanol–water partition coefficient (Wildman–Crippen LogP) is 4.55. The van der Waals surface area contributed by atoms with Crippen molar-refractivity contribution in [3.8, 4) is 0 Å². The SMILES string of the molecule is Cc1ccc(C=NNC(=O)[C@@H]2C[C@H]2c2ccc(C(C)(C)C)cc2)cc1. The third-order valence-electron chi connectivity index (χ3n) is 4.80. The summed E-state index contributed by atoms with van der Waals surface area (Å²) < 4.78 is 0. The Balaban J connectivity index is 1.54. The molecule has 0 unspecified atom stereocenters. The summed E-state index contributed by atoms with van der Waals surface area (Å²) >= 11 is 0. The second-order valence-corrected chi connectivity index (χ2v) is 7.97. The monoisotopic (exact) mass is 334 g/mol. The Bertz CT molecular complexity index is 767. The lowest BCUT2D eigenvalue weighted by Crippen LogP contribution is -2.20. The van der Waals surface area contributed by atoms with E-state index < -0.39 is 0 Å². The fourth-order valence-corrected chi connectivity index (χ4v) is 2.99. The lowest BCUT2D eigenvalue weighted by molar-refractivity contribution is -0.122. The van der Waals surface area contributed by atoms with Crippen LogP contribution in [-0.4, -0.2) is 12.1 Å². The van der Waals surface area contributed by atoms with Gasteiger partial charge in [0.1, 0.15) is 0 Å². The van der Waals surface area contributed by atoms with Gasteiger partial charge in [-0.3, -0.25) is 4.79 Å². The molecular formula is C22H26N2O. The molecule has 0 aliphatic heterocycles. The first-order chi connectivity index (χ1) is 11.8. The highest BCUT2D eigenvalue weighted by molar-refractivity contribution is 5.85. The van der Waals surface area contributed by atoms with Gasteiger partial charge in [-0.2, -0.15) is 5.10 Å². The molecule has 3 heteroatoms. The molecule has 1 fully saturated rings. The van der Waals surface area contributed by atoms with Crippen LogP contribution in [-0.2, 0) is 10.2 Å². The van der Waals surface area contributed by atoms with Crippen LogP contribution in [0, 0.1) is 12.8 Å². The van der Waals surface area contributed by atoms with Crippen molar-refractivity contribution in [2.75, 3.05) is 0 Å². The standard InChI is InChI=1S/C22H26N2O/c1-15-5-7-16(8-6-15)14-23-24-21(25)20-13-19(20)17-9-11-18(12-10-17)22(2,3)4/h5-12,14,19-20H,13H2,1-4H3,(H,24,25)/t19-,20+/m0/s1. The van der Waals surface area contributed by atoms with Crippen LogP contribution in [0.3, 0.4) is 0 Å². The van der Waals surface area contributed by atoms with Crippen molar-refractivity contribution >= 4 is 12.1 Å². The maximum Gasteiger partial charge on any atom is 0.243 e. The summed E-state index contributed by atoms with van der Waals surface area (Å²) in [6, 6.07) is 16.7. The smallest absolute Gasteiger partial charge is 0.243 e. The first-order valence-electron chi connectivity index (χ1n) is 8.84. The van der Waals surface area contributed by atoms with Gasteiger partial charge in [-0.05, 0) is 41.4 Å². The van der Waals surface area contributed by atoms with E-state index in [1.807, 2.05) is 31.2 Å². The second-order valence-electron chi connectivity index (χ2n) is 7.97. The van der Waals surface area contributed by atoms with Crippen LogP contribution in [0.1, 0.15) is 55.4 Å². The van der Waals surface area contributed by atoms with E-state index >= 15 is 0 Å². The largest absolute Gasteiger partial charge is 0.273 e. The molecule has 1 amide bonds. The van der Waals surface area contributed by atoms with Crippen molar-refractivity contribution in [3.05, 3.63) is 70.8 Å². The van der Waals surface area contributed by atoms with E-state index in [2.05, 4.69) is 55.6 Å². The van der Waals surface area contributed by atoms with Gasteiger partial charge in [0.2, 0.25) is 5.91 Å². The zero-order valence-corrected chi connectivity index (χ0v) is 15.4. The molecule has 0 aromatic heterocycles. The molecule has 2 aromatic carbocycles. The highest BCUT2D eigenvalue weighted by Gasteiger charge is 2.43. The van der Waals surface area contributed by atoms with Gasteiger partial charge in [0, 0.05) is 5.92 Å². The summed E-state index contributed by atoms with van der Waals surface area (Å²) in [7, 11) is 0. The maximum atomic E-state index is 12.2. The molecule has 25 heavy (non-hydrogen) atoms. The van der Waals surface area contributed by atoms with E-state index in [9.17, 15) is 4.79 Å². The third-order valence-corrected chi connectivity index (χ3v) is 4.80. The number of carbonyl (C=O) groups is 1. The lowest BCUT2D eigenvalue weighted by Gasteiger charge is -2.19. The molecule has 1 saturated carbocycles. The van der Waals surface area contributed by atoms with Crippen LogP contribution in [0.15, 0.2) is 53.6 Å². The summed E-state index contributed by atoms with van der Waals surface area (Å²) in [5, 5.41) is 4.08. The Morgan fingerprint density at radius 2 is 1.72 bits per heavy atom. The number of nitrogens with zero attached hydrogens (tertiary/aromatic N) is 1. The predicted molar refractivity (Wildman–Crippen MR) is 103 cm³/mol. The summed E-state index contributed by atoms with van der Waals surface area (Å²) in [4.78, 5) is 12.2. The van der Waals surface area contributed by atoms with E-state index in [4.69, 9.17) is 0 Å². The normalized spacial score (nSPS) is 19.8. The number of rotatable bonds is 4. The molecule has 3 rings (SSSR count). The van der Waals surface area contributed by atoms with Gasteiger partial charge >= 0.3 is 0 Å². The molecule has 0 bridgehead atoms. The summed E-state index contributed by atoms with van der Waals surface area (Å²) in [5.41, 5.74) is 7.59. The number of carbonyl (C=O) groups excluding carboxylic acids is 1. The fourth-order valence-electron chi connectivity index (χ4n) is 2.99. The Hall–Kier alpha value is -2.42. The van der Waals surface area contributed by atoms with Crippen LogP contribution in [0.5, 0.6) is 0 Å². The average Bonchev–Trinajstić information content (AvgIpc) is 3.37. The first kappa shape index (κ1) is 17.4. The maximum absolute atomic E-state index is 12.2. The van der Waals surface area contributed by atoms with Crippen molar-refractivity contribution in [3.63, 3.8) is 0 Å². The number of benzene rings is 2. The summed E-state index contributed by atoms with van der Waals surface area (Å²) in [5.74, 6) is 0.368. The van der Waals surface area contributed by atoms with Crippen LogP contribution < -0.4 is 5.43 Å². The highest BCUT2D eigenvalue weighted by atomic mass is 16.2. The number of aryl methyl sites for hydroxylation is 1. The second kappa shape index (κ2) is 6.83. The number of nitrogens with one attached hydrogen (secondary N) is 1. The molecule has 3 nitrogen and oxygen atoms in total. The zero-order chi connectivity index (χ0) is 18.0. The van der Waals surface area contributed by atoms with Crippen LogP contribution in [0.4, 0.5) is 0 Å². The van der Waals surface area contributed by atoms with Gasteiger partial charge in [0.25, 0.3) is 0 Å². The number of hydrazone groups is 1. The molecule has 0 spiro atoms. The number of amides is 1. The first-order valence-corrected chi connectivity index (χ1v) is 8.84. The summed E-state index contributed by atoms with van der Waals surface area (Å²) in [6.07, 6.45) is 2.59. The van der Waals surface area contributed by atoms with Gasteiger partial charge in [-0.15, -0.1) is 0 Å². The molecular weight excluding hydrogens is 308 g/mol. The Morgan fingerprint density at radius 3 is 2.32 bits per heavy atom. The minimum Gasteiger partial charge on any atom is -0.273 e. The molecule has 1 N–H and O–H groups in total. The molecule has 0 saturated heterocycles. The van der Waals surface area contributed by atoms with Crippen molar-refractivity contribution in [2.24, 2.45) is 11.0 Å². The molecule has 130 valence electrons. The highest BCUT2D eigenvalue weighted by Crippen LogP contribution is 2.47.